The molecule has 0 saturated carbocycles. The smallest absolute Gasteiger partial charge is 0.180 e. The second kappa shape index (κ2) is 3.19. The number of hydrogen-bond donors (Lipinski definition) is 0. The summed E-state index contributed by atoms with van der Waals surface area (Å²) in [7, 11) is 0. The highest BCUT2D eigenvalue weighted by Gasteiger charge is 1.92. The van der Waals surface area contributed by atoms with Crippen LogP contribution in [0.2, 0.25) is 0 Å². The summed E-state index contributed by atoms with van der Waals surface area (Å²) in [5.74, 6) is 0.00694. The van der Waals surface area contributed by atoms with Gasteiger partial charge in [0.05, 0.1) is 0 Å². The molecule has 44 valence electrons. The van der Waals surface area contributed by atoms with Crippen molar-refractivity contribution in [1.29, 1.82) is 0 Å². The normalized spacial score (nSPS) is 11.0. The quantitative estimate of drug-likeness (QED) is 0.494. The van der Waals surface area contributed by atoms with Crippen molar-refractivity contribution in [3.05, 3.63) is 24.3 Å². The molecule has 0 saturated heterocycles. The van der Waals surface area contributed by atoms with Crippen molar-refractivity contribution in [3.8, 4) is 0 Å². The Kier molecular flexibility index (Phi) is 2.85. The topological polar surface area (TPSA) is 17.1 Å². The molecule has 0 heterocycles. The van der Waals surface area contributed by atoms with E-state index >= 15 is 0 Å². The predicted octanol–water partition coefficient (Wildman–Crippen LogP) is 1.71. The number of hydrogen-bond acceptors (Lipinski definition) is 1. The van der Waals surface area contributed by atoms with Crippen molar-refractivity contribution >= 4 is 5.78 Å². The third-order valence-electron chi connectivity index (χ3n) is 1.01. The fourth-order valence-electron chi connectivity index (χ4n) is 0.303. The van der Waals surface area contributed by atoms with E-state index in [1.165, 1.54) is 6.08 Å². The highest BCUT2D eigenvalue weighted by atomic mass is 16.1. The van der Waals surface area contributed by atoms with Gasteiger partial charge in [-0.3, -0.25) is 4.79 Å². The number of carbonyl (C=O) groups is 1. The Morgan fingerprint density at radius 3 is 2.25 bits per heavy atom. The molecule has 0 atom stereocenters. The molecule has 1 heteroatoms. The Morgan fingerprint density at radius 1 is 1.62 bits per heavy atom. The molecule has 0 unspecified atom stereocenters. The van der Waals surface area contributed by atoms with Gasteiger partial charge in [0.2, 0.25) is 0 Å². The molecule has 0 aromatic heterocycles. The van der Waals surface area contributed by atoms with Crippen LogP contribution in [0.1, 0.15) is 13.8 Å². The molecular formula is C7H10O. The van der Waals surface area contributed by atoms with Gasteiger partial charge in [0, 0.05) is 0 Å². The molecule has 0 amide bonds. The Hall–Kier alpha value is -0.850. The third-order valence-corrected chi connectivity index (χ3v) is 1.01. The highest BCUT2D eigenvalue weighted by Crippen LogP contribution is 1.92. The summed E-state index contributed by atoms with van der Waals surface area (Å²) in [6.07, 6.45) is 3.08. The van der Waals surface area contributed by atoms with E-state index in [-0.39, 0.29) is 5.78 Å². The van der Waals surface area contributed by atoms with Gasteiger partial charge in [-0.1, -0.05) is 12.7 Å². The summed E-state index contributed by atoms with van der Waals surface area (Å²) in [6.45, 7) is 6.94. The van der Waals surface area contributed by atoms with Crippen LogP contribution in [0.4, 0.5) is 0 Å². The van der Waals surface area contributed by atoms with Crippen molar-refractivity contribution in [2.45, 2.75) is 13.8 Å². The van der Waals surface area contributed by atoms with Crippen LogP contribution < -0.4 is 0 Å². The molecular weight excluding hydrogens is 100 g/mol. The summed E-state index contributed by atoms with van der Waals surface area (Å²) < 4.78 is 0. The molecule has 0 aromatic carbocycles. The largest absolute Gasteiger partial charge is 0.290 e. The Bertz CT molecular complexity index is 131. The number of allylic oxidation sites excluding steroid dienone is 3. The van der Waals surface area contributed by atoms with Gasteiger partial charge in [0.1, 0.15) is 0 Å². The molecule has 0 rings (SSSR count). The average Bonchev–Trinajstić information content (AvgIpc) is 1.84. The van der Waals surface area contributed by atoms with Crippen molar-refractivity contribution in [2.75, 3.05) is 0 Å². The van der Waals surface area contributed by atoms with Crippen molar-refractivity contribution in [2.24, 2.45) is 0 Å². The summed E-state index contributed by atoms with van der Waals surface area (Å²) >= 11 is 0. The Balaban J connectivity index is 4.03. The van der Waals surface area contributed by atoms with Crippen LogP contribution in [0.5, 0.6) is 0 Å². The first-order valence-electron chi connectivity index (χ1n) is 2.52. The molecule has 0 spiro atoms. The maximum atomic E-state index is 10.6. The van der Waals surface area contributed by atoms with Gasteiger partial charge >= 0.3 is 0 Å². The lowest BCUT2D eigenvalue weighted by molar-refractivity contribution is -0.111. The fraction of sp³-hybridized carbons (Fsp3) is 0.286. The molecule has 0 aliphatic rings. The molecule has 0 aliphatic carbocycles. The van der Waals surface area contributed by atoms with E-state index in [1.807, 2.05) is 6.92 Å². The number of ketones is 1. The molecule has 8 heavy (non-hydrogen) atoms. The van der Waals surface area contributed by atoms with Gasteiger partial charge in [0.15, 0.2) is 5.78 Å². The monoisotopic (exact) mass is 110 g/mol. The predicted molar refractivity (Wildman–Crippen MR) is 34.6 cm³/mol. The van der Waals surface area contributed by atoms with Gasteiger partial charge < -0.3 is 0 Å². The van der Waals surface area contributed by atoms with Gasteiger partial charge in [0.25, 0.3) is 0 Å². The van der Waals surface area contributed by atoms with E-state index in [1.54, 1.807) is 13.0 Å². The summed E-state index contributed by atoms with van der Waals surface area (Å²) in [5.41, 5.74) is 0.750. The Labute approximate surface area is 49.7 Å². The standard InChI is InChI=1S/C7H10O/c1-4-6(3)7(8)5-2/h4-5H,2H2,1,3H3/b6-4+. The van der Waals surface area contributed by atoms with Gasteiger partial charge in [-0.25, -0.2) is 0 Å². The molecule has 0 aromatic rings. The summed E-state index contributed by atoms with van der Waals surface area (Å²) in [6, 6.07) is 0. The van der Waals surface area contributed by atoms with Crippen LogP contribution in [0.25, 0.3) is 0 Å². The lowest BCUT2D eigenvalue weighted by Crippen LogP contribution is -1.91. The van der Waals surface area contributed by atoms with E-state index < -0.39 is 0 Å². The number of rotatable bonds is 2. The molecule has 0 fully saturated rings. The van der Waals surface area contributed by atoms with Gasteiger partial charge in [-0.15, -0.1) is 0 Å². The average molecular weight is 110 g/mol. The lowest BCUT2D eigenvalue weighted by Gasteiger charge is -1.87. The van der Waals surface area contributed by atoms with E-state index in [9.17, 15) is 4.79 Å². The van der Waals surface area contributed by atoms with Crippen LogP contribution in [0.3, 0.4) is 0 Å². The van der Waals surface area contributed by atoms with E-state index in [2.05, 4.69) is 6.58 Å². The molecule has 0 bridgehead atoms. The second-order valence-electron chi connectivity index (χ2n) is 1.54. The molecule has 0 N–H and O–H groups in total. The van der Waals surface area contributed by atoms with Crippen LogP contribution in [-0.4, -0.2) is 5.78 Å². The number of carbonyl (C=O) groups excluding carboxylic acids is 1. The third kappa shape index (κ3) is 1.73. The minimum absolute atomic E-state index is 0.00694. The molecule has 0 radical (unpaired) electrons. The van der Waals surface area contributed by atoms with Crippen LogP contribution in [0, 0.1) is 0 Å². The first kappa shape index (κ1) is 7.15. The first-order chi connectivity index (χ1) is 3.72. The fourth-order valence-corrected chi connectivity index (χ4v) is 0.303. The minimum Gasteiger partial charge on any atom is -0.290 e. The maximum absolute atomic E-state index is 10.6. The van der Waals surface area contributed by atoms with Gasteiger partial charge in [-0.2, -0.15) is 0 Å². The van der Waals surface area contributed by atoms with Gasteiger partial charge in [-0.05, 0) is 25.5 Å². The maximum Gasteiger partial charge on any atom is 0.180 e. The summed E-state index contributed by atoms with van der Waals surface area (Å²) in [4.78, 5) is 10.6. The highest BCUT2D eigenvalue weighted by molar-refractivity contribution is 6.02. The van der Waals surface area contributed by atoms with Crippen LogP contribution in [-0.2, 0) is 4.79 Å². The molecule has 1 nitrogen and oxygen atoms in total. The van der Waals surface area contributed by atoms with E-state index in [4.69, 9.17) is 0 Å². The second-order valence-corrected chi connectivity index (χ2v) is 1.54. The van der Waals surface area contributed by atoms with Crippen molar-refractivity contribution in [1.82, 2.24) is 0 Å². The lowest BCUT2D eigenvalue weighted by atomic mass is 10.2. The molecule has 0 aliphatic heterocycles. The van der Waals surface area contributed by atoms with Crippen molar-refractivity contribution < 1.29 is 4.79 Å². The zero-order valence-electron chi connectivity index (χ0n) is 5.27. The zero-order valence-corrected chi connectivity index (χ0v) is 5.27. The van der Waals surface area contributed by atoms with Crippen LogP contribution >= 0.6 is 0 Å². The van der Waals surface area contributed by atoms with Crippen LogP contribution in [0.15, 0.2) is 24.3 Å². The Morgan fingerprint density at radius 2 is 2.12 bits per heavy atom. The van der Waals surface area contributed by atoms with E-state index in [0.717, 1.165) is 5.57 Å². The van der Waals surface area contributed by atoms with Crippen molar-refractivity contribution in [3.63, 3.8) is 0 Å². The summed E-state index contributed by atoms with van der Waals surface area (Å²) in [5, 5.41) is 0. The zero-order chi connectivity index (χ0) is 6.57. The van der Waals surface area contributed by atoms with E-state index in [0.29, 0.717) is 0 Å². The SMILES string of the molecule is C=CC(=O)/C(C)=C/C. The minimum atomic E-state index is 0.00694. The first-order valence-corrected chi connectivity index (χ1v) is 2.52.